The molecule has 1 amide bonds. The molecule has 0 spiro atoms. The number of carbonyl (C=O) groups excluding carboxylic acids is 1. The molecule has 2 rings (SSSR count). The van der Waals surface area contributed by atoms with Gasteiger partial charge in [-0.2, -0.15) is 0 Å². The fourth-order valence-corrected chi connectivity index (χ4v) is 3.80. The maximum absolute atomic E-state index is 12.3. The number of rotatable bonds is 15. The summed E-state index contributed by atoms with van der Waals surface area (Å²) < 4.78 is 13.3. The molecule has 0 aliphatic heterocycles. The minimum absolute atomic E-state index is 0.141. The van der Waals surface area contributed by atoms with Crippen LogP contribution < -0.4 is 10.9 Å². The molecular weight excluding hydrogens is 374 g/mol. The summed E-state index contributed by atoms with van der Waals surface area (Å²) in [6.45, 7) is 4.10. The lowest BCUT2D eigenvalue weighted by Crippen LogP contribution is -2.11. The third kappa shape index (κ3) is 9.15. The van der Waals surface area contributed by atoms with Crippen molar-refractivity contribution in [1.82, 2.24) is 0 Å². The number of hydrogen-bond donors (Lipinski definition) is 1. The molecule has 30 heavy (non-hydrogen) atoms. The van der Waals surface area contributed by atoms with E-state index >= 15 is 0 Å². The first-order chi connectivity index (χ1) is 15.0. The number of hydrogen-bond acceptors (Lipinski definition) is 3. The number of nitrogens with one attached hydrogen (secondary N) is 1. The minimum Gasteiger partial charge on any atom is -0.423 e. The molecule has 0 saturated carbocycles. The Hall–Kier alpha value is -2.10. The highest BCUT2D eigenvalue weighted by atomic mass is 16.4. The Kier molecular flexibility index (Phi) is 10.5. The van der Waals surface area contributed by atoms with Crippen LogP contribution in [0.3, 0.4) is 0 Å². The fraction of sp³-hybridized carbons (Fsp3) is 0.615. The van der Waals surface area contributed by atoms with Gasteiger partial charge in [0.15, 0.2) is 0 Å². The third-order valence-corrected chi connectivity index (χ3v) is 5.57. The van der Waals surface area contributed by atoms with Gasteiger partial charge in [0.25, 0.3) is 0 Å². The van der Waals surface area contributed by atoms with Crippen LogP contribution in [0.15, 0.2) is 33.5 Å². The van der Waals surface area contributed by atoms with Crippen molar-refractivity contribution in [1.29, 1.82) is 0 Å². The van der Waals surface area contributed by atoms with E-state index in [1.54, 1.807) is 12.1 Å². The molecule has 1 aromatic carbocycles. The number of aryl methyl sites for hydroxylation is 1. The summed E-state index contributed by atoms with van der Waals surface area (Å²) >= 11 is 0. The number of amides is 1. The van der Waals surface area contributed by atoms with Gasteiger partial charge in [0.2, 0.25) is 5.91 Å². The second-order valence-corrected chi connectivity index (χ2v) is 8.32. The Labute approximate surface area is 182 Å². The van der Waals surface area contributed by atoms with Crippen LogP contribution in [0.25, 0.3) is 11.0 Å². The lowest BCUT2D eigenvalue weighted by Gasteiger charge is -2.07. The second-order valence-electron chi connectivity index (χ2n) is 8.32. The number of anilines is 1. The molecule has 0 bridgehead atoms. The van der Waals surface area contributed by atoms with E-state index in [1.165, 1.54) is 63.9 Å². The first kappa shape index (κ1) is 22.6. The molecule has 4 nitrogen and oxygen atoms in total. The summed E-state index contributed by atoms with van der Waals surface area (Å²) in [4.78, 5) is 23.7. The van der Waals surface area contributed by atoms with Crippen LogP contribution in [0.1, 0.15) is 104 Å². The quantitative estimate of drug-likeness (QED) is 0.242. The van der Waals surface area contributed by atoms with Gasteiger partial charge in [-0.1, -0.05) is 84.0 Å². The zero-order valence-electron chi connectivity index (χ0n) is 19.8. The van der Waals surface area contributed by atoms with Gasteiger partial charge in [-0.3, -0.25) is 4.79 Å². The second kappa shape index (κ2) is 14.0. The SMILES string of the molecule is [2H]C(CCCCCCCCCCCCC)CC(=O)Nc1ccc2oc(=O)cc(C)c2c1. The molecule has 1 atom stereocenters. The molecule has 166 valence electrons. The maximum Gasteiger partial charge on any atom is 0.336 e. The van der Waals surface area contributed by atoms with Crippen molar-refractivity contribution in [3.63, 3.8) is 0 Å². The summed E-state index contributed by atoms with van der Waals surface area (Å²) in [6.07, 6.45) is 14.8. The Balaban J connectivity index is 1.59. The van der Waals surface area contributed by atoms with E-state index in [2.05, 4.69) is 12.2 Å². The number of fused-ring (bicyclic) bond motifs is 1. The van der Waals surface area contributed by atoms with Crippen LogP contribution in [0, 0.1) is 6.92 Å². The molecular formula is C26H39NO3. The molecule has 2 aromatic rings. The van der Waals surface area contributed by atoms with Crippen LogP contribution >= 0.6 is 0 Å². The Bertz CT molecular complexity index is 861. The third-order valence-electron chi connectivity index (χ3n) is 5.57. The largest absolute Gasteiger partial charge is 0.423 e. The molecule has 1 aromatic heterocycles. The van der Waals surface area contributed by atoms with Gasteiger partial charge in [0, 0.05) is 24.9 Å². The summed E-state index contributed by atoms with van der Waals surface area (Å²) in [5.41, 5.74) is 1.62. The molecule has 1 heterocycles. The van der Waals surface area contributed by atoms with Gasteiger partial charge in [-0.05, 0) is 37.1 Å². The summed E-state index contributed by atoms with van der Waals surface area (Å²) in [5, 5.41) is 3.68. The average molecular weight is 415 g/mol. The Morgan fingerprint density at radius 2 is 1.53 bits per heavy atom. The minimum atomic E-state index is -0.374. The van der Waals surface area contributed by atoms with Crippen LogP contribution in [-0.2, 0) is 4.79 Å². The molecule has 0 radical (unpaired) electrons. The van der Waals surface area contributed by atoms with Gasteiger partial charge >= 0.3 is 5.63 Å². The Morgan fingerprint density at radius 1 is 0.933 bits per heavy atom. The van der Waals surface area contributed by atoms with Crippen molar-refractivity contribution < 1.29 is 10.6 Å². The van der Waals surface area contributed by atoms with E-state index in [1.807, 2.05) is 13.0 Å². The zero-order chi connectivity index (χ0) is 22.5. The molecule has 4 heteroatoms. The molecule has 1 N–H and O–H groups in total. The smallest absolute Gasteiger partial charge is 0.336 e. The van der Waals surface area contributed by atoms with E-state index < -0.39 is 0 Å². The highest BCUT2D eigenvalue weighted by Gasteiger charge is 2.06. The Morgan fingerprint density at radius 3 is 2.17 bits per heavy atom. The number of unbranched alkanes of at least 4 members (excludes halogenated alkanes) is 10. The lowest BCUT2D eigenvalue weighted by molar-refractivity contribution is -0.116. The topological polar surface area (TPSA) is 59.3 Å². The molecule has 1 unspecified atom stereocenters. The number of carbonyl (C=O) groups is 1. The van der Waals surface area contributed by atoms with Crippen LogP contribution in [0.4, 0.5) is 5.69 Å². The van der Waals surface area contributed by atoms with E-state index in [0.29, 0.717) is 11.3 Å². The summed E-state index contributed by atoms with van der Waals surface area (Å²) in [7, 11) is 0. The highest BCUT2D eigenvalue weighted by Crippen LogP contribution is 2.21. The van der Waals surface area contributed by atoms with Crippen molar-refractivity contribution in [3.05, 3.63) is 40.2 Å². The normalized spacial score (nSPS) is 12.7. The first-order valence-electron chi connectivity index (χ1n) is 12.3. The van der Waals surface area contributed by atoms with Crippen molar-refractivity contribution in [3.8, 4) is 0 Å². The van der Waals surface area contributed by atoms with Crippen LogP contribution in [-0.4, -0.2) is 5.91 Å². The van der Waals surface area contributed by atoms with E-state index in [-0.39, 0.29) is 24.4 Å². The van der Waals surface area contributed by atoms with Gasteiger partial charge in [-0.25, -0.2) is 4.79 Å². The van der Waals surface area contributed by atoms with Gasteiger partial charge < -0.3 is 9.73 Å². The highest BCUT2D eigenvalue weighted by molar-refractivity contribution is 5.93. The van der Waals surface area contributed by atoms with Gasteiger partial charge in [0.1, 0.15) is 5.58 Å². The average Bonchev–Trinajstić information content (AvgIpc) is 2.72. The van der Waals surface area contributed by atoms with Crippen molar-refractivity contribution >= 4 is 22.6 Å². The predicted octanol–water partition coefficient (Wildman–Crippen LogP) is 7.52. The van der Waals surface area contributed by atoms with Crippen LogP contribution in [0.5, 0.6) is 0 Å². The number of benzene rings is 1. The summed E-state index contributed by atoms with van der Waals surface area (Å²) in [6, 6.07) is 6.68. The van der Waals surface area contributed by atoms with Crippen molar-refractivity contribution in [2.24, 2.45) is 0 Å². The lowest BCUT2D eigenvalue weighted by atomic mass is 10.0. The summed E-state index contributed by atoms with van der Waals surface area (Å²) in [5.74, 6) is -0.141. The van der Waals surface area contributed by atoms with Crippen molar-refractivity contribution in [2.45, 2.75) is 104 Å². The predicted molar refractivity (Wildman–Crippen MR) is 126 cm³/mol. The van der Waals surface area contributed by atoms with Crippen molar-refractivity contribution in [2.75, 3.05) is 5.32 Å². The molecule has 0 fully saturated rings. The van der Waals surface area contributed by atoms with E-state index in [4.69, 9.17) is 5.79 Å². The van der Waals surface area contributed by atoms with Gasteiger partial charge in [0.05, 0.1) is 0 Å². The van der Waals surface area contributed by atoms with E-state index in [9.17, 15) is 9.59 Å². The first-order valence-corrected chi connectivity index (χ1v) is 11.8. The van der Waals surface area contributed by atoms with Crippen LogP contribution in [0.2, 0.25) is 0 Å². The fourth-order valence-electron chi connectivity index (χ4n) is 3.80. The standard InChI is InChI=1S/C26H39NO3/c1-3-4-5-6-7-8-9-10-11-12-13-14-15-16-25(28)27-22-17-18-24-23(20-22)21(2)19-26(29)30-24/h17-20H,3-16H2,1-2H3,(H,27,28)/i15D. The zero-order valence-corrected chi connectivity index (χ0v) is 18.8. The maximum atomic E-state index is 12.3. The van der Waals surface area contributed by atoms with E-state index in [0.717, 1.165) is 30.2 Å². The molecule has 0 saturated heterocycles. The molecule has 0 aliphatic rings. The monoisotopic (exact) mass is 414 g/mol. The molecule has 0 aliphatic carbocycles. The van der Waals surface area contributed by atoms with Gasteiger partial charge in [-0.15, -0.1) is 0 Å².